The third-order valence-corrected chi connectivity index (χ3v) is 4.40. The molecule has 3 aromatic rings. The molecule has 0 radical (unpaired) electrons. The molecular formula is C16H13FOS. The van der Waals surface area contributed by atoms with Gasteiger partial charge in [0.05, 0.1) is 0 Å². The highest BCUT2D eigenvalue weighted by Gasteiger charge is 2.15. The highest BCUT2D eigenvalue weighted by Crippen LogP contribution is 2.34. The monoisotopic (exact) mass is 272 g/mol. The van der Waals surface area contributed by atoms with Gasteiger partial charge in [0.15, 0.2) is 0 Å². The average molecular weight is 272 g/mol. The minimum Gasteiger partial charge on any atom is -0.383 e. The number of hydrogen-bond donors (Lipinski definition) is 1. The van der Waals surface area contributed by atoms with E-state index in [0.717, 1.165) is 26.1 Å². The van der Waals surface area contributed by atoms with Gasteiger partial charge in [0.25, 0.3) is 0 Å². The summed E-state index contributed by atoms with van der Waals surface area (Å²) in [6.45, 7) is 1.98. The zero-order valence-electron chi connectivity index (χ0n) is 10.4. The molecular weight excluding hydrogens is 259 g/mol. The van der Waals surface area contributed by atoms with Crippen molar-refractivity contribution in [1.82, 2.24) is 0 Å². The lowest BCUT2D eigenvalue weighted by molar-refractivity contribution is 0.223. The van der Waals surface area contributed by atoms with Crippen LogP contribution >= 0.6 is 11.3 Å². The first-order valence-corrected chi connectivity index (χ1v) is 6.89. The van der Waals surface area contributed by atoms with Crippen LogP contribution in [0.2, 0.25) is 0 Å². The second kappa shape index (κ2) is 4.76. The van der Waals surface area contributed by atoms with E-state index in [9.17, 15) is 9.50 Å². The first-order chi connectivity index (χ1) is 9.15. The molecule has 1 heterocycles. The Morgan fingerprint density at radius 1 is 1.11 bits per heavy atom. The molecule has 0 aliphatic rings. The average Bonchev–Trinajstić information content (AvgIpc) is 2.81. The molecule has 1 nitrogen and oxygen atoms in total. The minimum atomic E-state index is -0.651. The number of rotatable bonds is 2. The van der Waals surface area contributed by atoms with Gasteiger partial charge in [-0.2, -0.15) is 0 Å². The van der Waals surface area contributed by atoms with E-state index < -0.39 is 6.10 Å². The number of aliphatic hydroxyl groups excluding tert-OH is 1. The van der Waals surface area contributed by atoms with Crippen LogP contribution in [0.25, 0.3) is 10.1 Å². The summed E-state index contributed by atoms with van der Waals surface area (Å²) in [5.74, 6) is -0.244. The lowest BCUT2D eigenvalue weighted by atomic mass is 10.0. The fourth-order valence-electron chi connectivity index (χ4n) is 2.21. The molecule has 0 bridgehead atoms. The van der Waals surface area contributed by atoms with Gasteiger partial charge in [0.1, 0.15) is 11.9 Å². The highest BCUT2D eigenvalue weighted by molar-refractivity contribution is 7.19. The van der Waals surface area contributed by atoms with Crippen molar-refractivity contribution in [2.75, 3.05) is 0 Å². The van der Waals surface area contributed by atoms with E-state index in [1.807, 2.05) is 37.3 Å². The van der Waals surface area contributed by atoms with Crippen molar-refractivity contribution in [2.24, 2.45) is 0 Å². The predicted molar refractivity (Wildman–Crippen MR) is 77.0 cm³/mol. The predicted octanol–water partition coefficient (Wildman–Crippen LogP) is 4.43. The van der Waals surface area contributed by atoms with Crippen LogP contribution in [0.1, 0.15) is 22.1 Å². The van der Waals surface area contributed by atoms with Crippen LogP contribution in [0.4, 0.5) is 4.39 Å². The SMILES string of the molecule is Cc1ccccc1C(O)c1cc2ccc(F)cc2s1. The van der Waals surface area contributed by atoms with E-state index in [2.05, 4.69) is 0 Å². The molecule has 1 unspecified atom stereocenters. The van der Waals surface area contributed by atoms with E-state index in [1.54, 1.807) is 6.07 Å². The maximum absolute atomic E-state index is 13.2. The first kappa shape index (κ1) is 12.3. The summed E-state index contributed by atoms with van der Waals surface area (Å²) >= 11 is 1.43. The standard InChI is InChI=1S/C16H13FOS/c1-10-4-2-3-5-13(10)16(18)15-8-11-6-7-12(17)9-14(11)19-15/h2-9,16,18H,1H3. The van der Waals surface area contributed by atoms with Crippen molar-refractivity contribution in [1.29, 1.82) is 0 Å². The van der Waals surface area contributed by atoms with Gasteiger partial charge in [-0.3, -0.25) is 0 Å². The van der Waals surface area contributed by atoms with Crippen LogP contribution in [0.5, 0.6) is 0 Å². The second-order valence-corrected chi connectivity index (χ2v) is 5.71. The molecule has 1 atom stereocenters. The summed E-state index contributed by atoms with van der Waals surface area (Å²) in [6.07, 6.45) is -0.651. The number of halogens is 1. The molecule has 3 heteroatoms. The van der Waals surface area contributed by atoms with E-state index in [0.29, 0.717) is 0 Å². The van der Waals surface area contributed by atoms with Gasteiger partial charge in [0.2, 0.25) is 0 Å². The molecule has 3 rings (SSSR count). The summed E-state index contributed by atoms with van der Waals surface area (Å²) < 4.78 is 14.0. The lowest BCUT2D eigenvalue weighted by Crippen LogP contribution is -1.99. The zero-order chi connectivity index (χ0) is 13.4. The molecule has 0 saturated heterocycles. The van der Waals surface area contributed by atoms with E-state index in [-0.39, 0.29) is 5.82 Å². The summed E-state index contributed by atoms with van der Waals surface area (Å²) in [5, 5.41) is 11.4. The van der Waals surface area contributed by atoms with Gasteiger partial charge in [-0.15, -0.1) is 11.3 Å². The summed E-state index contributed by atoms with van der Waals surface area (Å²) in [4.78, 5) is 0.843. The lowest BCUT2D eigenvalue weighted by Gasteiger charge is -2.11. The number of aliphatic hydroxyl groups is 1. The van der Waals surface area contributed by atoms with Gasteiger partial charge in [-0.25, -0.2) is 4.39 Å². The normalized spacial score (nSPS) is 12.8. The minimum absolute atomic E-state index is 0.244. The molecule has 1 N–H and O–H groups in total. The zero-order valence-corrected chi connectivity index (χ0v) is 11.2. The van der Waals surface area contributed by atoms with Gasteiger partial charge in [0, 0.05) is 9.58 Å². The van der Waals surface area contributed by atoms with Crippen LogP contribution < -0.4 is 0 Å². The third-order valence-electron chi connectivity index (χ3n) is 3.25. The van der Waals surface area contributed by atoms with Crippen molar-refractivity contribution < 1.29 is 9.50 Å². The molecule has 96 valence electrons. The Hall–Kier alpha value is -1.71. The summed E-state index contributed by atoms with van der Waals surface area (Å²) in [5.41, 5.74) is 1.95. The van der Waals surface area contributed by atoms with Crippen LogP contribution in [0.15, 0.2) is 48.5 Å². The van der Waals surface area contributed by atoms with Gasteiger partial charge >= 0.3 is 0 Å². The molecule has 0 fully saturated rings. The van der Waals surface area contributed by atoms with Gasteiger partial charge in [-0.05, 0) is 41.6 Å². The smallest absolute Gasteiger partial charge is 0.124 e. The van der Waals surface area contributed by atoms with Gasteiger partial charge in [-0.1, -0.05) is 30.3 Å². The number of fused-ring (bicyclic) bond motifs is 1. The topological polar surface area (TPSA) is 20.2 Å². The van der Waals surface area contributed by atoms with E-state index in [1.165, 1.54) is 23.5 Å². The summed E-state index contributed by atoms with van der Waals surface area (Å²) in [6, 6.07) is 14.4. The van der Waals surface area contributed by atoms with Crippen LogP contribution in [0.3, 0.4) is 0 Å². The molecule has 0 saturated carbocycles. The Kier molecular flexibility index (Phi) is 3.09. The van der Waals surface area contributed by atoms with Crippen LogP contribution in [-0.4, -0.2) is 5.11 Å². The molecule has 0 aliphatic carbocycles. The number of hydrogen-bond acceptors (Lipinski definition) is 2. The Morgan fingerprint density at radius 3 is 2.68 bits per heavy atom. The molecule has 0 amide bonds. The van der Waals surface area contributed by atoms with E-state index in [4.69, 9.17) is 0 Å². The Labute approximate surface area is 115 Å². The van der Waals surface area contributed by atoms with Crippen LogP contribution in [-0.2, 0) is 0 Å². The number of thiophene rings is 1. The quantitative estimate of drug-likeness (QED) is 0.731. The maximum atomic E-state index is 13.2. The molecule has 0 spiro atoms. The molecule has 1 aromatic heterocycles. The second-order valence-electron chi connectivity index (χ2n) is 4.59. The molecule has 2 aromatic carbocycles. The summed E-state index contributed by atoms with van der Waals surface area (Å²) in [7, 11) is 0. The fraction of sp³-hybridized carbons (Fsp3) is 0.125. The fourth-order valence-corrected chi connectivity index (χ4v) is 3.30. The Balaban J connectivity index is 2.07. The largest absolute Gasteiger partial charge is 0.383 e. The van der Waals surface area contributed by atoms with Crippen LogP contribution in [0, 0.1) is 12.7 Å². The Morgan fingerprint density at radius 2 is 1.89 bits per heavy atom. The van der Waals surface area contributed by atoms with Crippen molar-refractivity contribution in [3.05, 3.63) is 70.4 Å². The number of aryl methyl sites for hydroxylation is 1. The maximum Gasteiger partial charge on any atom is 0.124 e. The van der Waals surface area contributed by atoms with Crippen molar-refractivity contribution in [3.63, 3.8) is 0 Å². The molecule has 19 heavy (non-hydrogen) atoms. The molecule has 0 aliphatic heterocycles. The van der Waals surface area contributed by atoms with Crippen molar-refractivity contribution in [3.8, 4) is 0 Å². The van der Waals surface area contributed by atoms with Gasteiger partial charge < -0.3 is 5.11 Å². The number of benzene rings is 2. The third kappa shape index (κ3) is 2.27. The van der Waals surface area contributed by atoms with Crippen molar-refractivity contribution >= 4 is 21.4 Å². The Bertz CT molecular complexity index is 732. The van der Waals surface area contributed by atoms with E-state index >= 15 is 0 Å². The highest BCUT2D eigenvalue weighted by atomic mass is 32.1. The van der Waals surface area contributed by atoms with Crippen molar-refractivity contribution in [2.45, 2.75) is 13.0 Å². The first-order valence-electron chi connectivity index (χ1n) is 6.08.